The van der Waals surface area contributed by atoms with Crippen molar-refractivity contribution in [1.82, 2.24) is 0 Å². The third-order valence-electron chi connectivity index (χ3n) is 3.04. The van der Waals surface area contributed by atoms with Gasteiger partial charge >= 0.3 is 11.9 Å². The molecule has 0 fully saturated rings. The van der Waals surface area contributed by atoms with Crippen LogP contribution in [0.5, 0.6) is 0 Å². The summed E-state index contributed by atoms with van der Waals surface area (Å²) >= 11 is 0. The van der Waals surface area contributed by atoms with Gasteiger partial charge in [-0.15, -0.1) is 0 Å². The molecule has 0 aromatic heterocycles. The van der Waals surface area contributed by atoms with Crippen LogP contribution in [0, 0.1) is 0 Å². The Labute approximate surface area is 116 Å². The molecule has 1 atom stereocenters. The molecular formula is C16H14O4. The largest absolute Gasteiger partial charge is 0.478 e. The van der Waals surface area contributed by atoms with Crippen LogP contribution in [-0.2, 0) is 15.1 Å². The molecule has 0 aliphatic heterocycles. The molecule has 0 unspecified atom stereocenters. The zero-order chi connectivity index (χ0) is 14.6. The monoisotopic (exact) mass is 270 g/mol. The number of carbonyl (C=O) groups excluding carboxylic acids is 1. The molecule has 2 aromatic carbocycles. The molecular weight excluding hydrogens is 256 g/mol. The molecule has 0 amide bonds. The molecule has 2 rings (SSSR count). The second kappa shape index (κ2) is 5.57. The average Bonchev–Trinajstić information content (AvgIpc) is 2.48. The number of carboxylic acids is 1. The third-order valence-corrected chi connectivity index (χ3v) is 3.04. The molecule has 0 aliphatic rings. The molecule has 0 radical (unpaired) electrons. The summed E-state index contributed by atoms with van der Waals surface area (Å²) in [5.41, 5.74) is -0.985. The Morgan fingerprint density at radius 1 is 0.950 bits per heavy atom. The van der Waals surface area contributed by atoms with Crippen LogP contribution in [0.4, 0.5) is 0 Å². The molecule has 0 saturated heterocycles. The molecule has 1 N–H and O–H groups in total. The number of carbonyl (C=O) groups is 2. The lowest BCUT2D eigenvalue weighted by atomic mass is 9.96. The summed E-state index contributed by atoms with van der Waals surface area (Å²) in [6.45, 7) is 1.37. The van der Waals surface area contributed by atoms with E-state index in [0.29, 0.717) is 11.1 Å². The highest BCUT2D eigenvalue weighted by Gasteiger charge is 2.39. The minimum absolute atomic E-state index is 0.316. The molecule has 0 bridgehead atoms. The SMILES string of the molecule is C[C@](OC(=O)c1ccccc1)(C(=O)O)c1ccccc1. The Kier molecular flexibility index (Phi) is 3.84. The number of hydrogen-bond acceptors (Lipinski definition) is 3. The normalized spacial score (nSPS) is 13.2. The average molecular weight is 270 g/mol. The summed E-state index contributed by atoms with van der Waals surface area (Å²) in [5, 5.41) is 9.40. The third kappa shape index (κ3) is 2.69. The number of rotatable bonds is 4. The summed E-state index contributed by atoms with van der Waals surface area (Å²) in [7, 11) is 0. The van der Waals surface area contributed by atoms with Crippen molar-refractivity contribution in [2.75, 3.05) is 0 Å². The number of esters is 1. The minimum atomic E-state index is -1.71. The van der Waals surface area contributed by atoms with E-state index < -0.39 is 17.5 Å². The van der Waals surface area contributed by atoms with Gasteiger partial charge in [0.25, 0.3) is 0 Å². The van der Waals surface area contributed by atoms with Crippen LogP contribution in [0.25, 0.3) is 0 Å². The molecule has 0 heterocycles. The highest BCUT2D eigenvalue weighted by Crippen LogP contribution is 2.27. The van der Waals surface area contributed by atoms with Gasteiger partial charge in [0.1, 0.15) is 0 Å². The smallest absolute Gasteiger partial charge is 0.352 e. The molecule has 2 aromatic rings. The fourth-order valence-electron chi connectivity index (χ4n) is 1.80. The maximum atomic E-state index is 12.1. The zero-order valence-corrected chi connectivity index (χ0v) is 10.9. The topological polar surface area (TPSA) is 63.6 Å². The minimum Gasteiger partial charge on any atom is -0.478 e. The summed E-state index contributed by atoms with van der Waals surface area (Å²) in [6, 6.07) is 16.7. The van der Waals surface area contributed by atoms with E-state index in [1.807, 2.05) is 0 Å². The van der Waals surface area contributed by atoms with Crippen molar-refractivity contribution in [1.29, 1.82) is 0 Å². The number of benzene rings is 2. The van der Waals surface area contributed by atoms with Gasteiger partial charge < -0.3 is 9.84 Å². The second-order valence-electron chi connectivity index (χ2n) is 4.46. The summed E-state index contributed by atoms with van der Waals surface area (Å²) in [5.74, 6) is -1.88. The van der Waals surface area contributed by atoms with Crippen molar-refractivity contribution in [2.45, 2.75) is 12.5 Å². The van der Waals surface area contributed by atoms with Crippen LogP contribution in [0.3, 0.4) is 0 Å². The van der Waals surface area contributed by atoms with Crippen molar-refractivity contribution >= 4 is 11.9 Å². The van der Waals surface area contributed by atoms with Gasteiger partial charge in [-0.1, -0.05) is 48.5 Å². The summed E-state index contributed by atoms with van der Waals surface area (Å²) in [6.07, 6.45) is 0. The van der Waals surface area contributed by atoms with Gasteiger partial charge in [-0.25, -0.2) is 9.59 Å². The van der Waals surface area contributed by atoms with Crippen LogP contribution in [0.2, 0.25) is 0 Å². The molecule has 4 nitrogen and oxygen atoms in total. The highest BCUT2D eigenvalue weighted by atomic mass is 16.6. The Morgan fingerprint density at radius 3 is 1.95 bits per heavy atom. The van der Waals surface area contributed by atoms with E-state index in [1.165, 1.54) is 6.92 Å². The highest BCUT2D eigenvalue weighted by molar-refractivity contribution is 5.92. The predicted molar refractivity (Wildman–Crippen MR) is 73.3 cm³/mol. The van der Waals surface area contributed by atoms with Gasteiger partial charge in [0.05, 0.1) is 5.56 Å². The Hall–Kier alpha value is -2.62. The first kappa shape index (κ1) is 13.8. The lowest BCUT2D eigenvalue weighted by Gasteiger charge is -2.25. The quantitative estimate of drug-likeness (QED) is 0.868. The molecule has 20 heavy (non-hydrogen) atoms. The second-order valence-corrected chi connectivity index (χ2v) is 4.46. The molecule has 102 valence electrons. The van der Waals surface area contributed by atoms with Crippen molar-refractivity contribution in [2.24, 2.45) is 0 Å². The van der Waals surface area contributed by atoms with Crippen molar-refractivity contribution in [3.05, 3.63) is 71.8 Å². The van der Waals surface area contributed by atoms with E-state index in [2.05, 4.69) is 0 Å². The first-order valence-electron chi connectivity index (χ1n) is 6.11. The van der Waals surface area contributed by atoms with Crippen LogP contribution >= 0.6 is 0 Å². The lowest BCUT2D eigenvalue weighted by molar-refractivity contribution is -0.158. The maximum Gasteiger partial charge on any atom is 0.352 e. The maximum absolute atomic E-state index is 12.1. The molecule has 0 spiro atoms. The first-order chi connectivity index (χ1) is 9.54. The van der Waals surface area contributed by atoms with Gasteiger partial charge in [-0.05, 0) is 19.1 Å². The van der Waals surface area contributed by atoms with E-state index in [1.54, 1.807) is 60.7 Å². The van der Waals surface area contributed by atoms with Crippen LogP contribution in [-0.4, -0.2) is 17.0 Å². The molecule has 0 saturated carbocycles. The van der Waals surface area contributed by atoms with Gasteiger partial charge in [-0.2, -0.15) is 0 Å². The van der Waals surface area contributed by atoms with Crippen molar-refractivity contribution in [3.63, 3.8) is 0 Å². The van der Waals surface area contributed by atoms with E-state index >= 15 is 0 Å². The van der Waals surface area contributed by atoms with E-state index in [0.717, 1.165) is 0 Å². The van der Waals surface area contributed by atoms with Crippen molar-refractivity contribution < 1.29 is 19.4 Å². The number of aliphatic carboxylic acids is 1. The summed E-state index contributed by atoms with van der Waals surface area (Å²) in [4.78, 5) is 23.6. The lowest BCUT2D eigenvalue weighted by Crippen LogP contribution is -2.37. The standard InChI is InChI=1S/C16H14O4/c1-16(15(18)19,13-10-6-3-7-11-13)20-14(17)12-8-4-2-5-9-12/h2-11H,1H3,(H,18,19)/t16-/m1/s1. The number of ether oxygens (including phenoxy) is 1. The first-order valence-corrected chi connectivity index (χ1v) is 6.11. The molecule has 4 heteroatoms. The van der Waals surface area contributed by atoms with E-state index in [4.69, 9.17) is 4.74 Å². The molecule has 0 aliphatic carbocycles. The predicted octanol–water partition coefficient (Wildman–Crippen LogP) is 2.84. The van der Waals surface area contributed by atoms with Crippen LogP contribution in [0.15, 0.2) is 60.7 Å². The van der Waals surface area contributed by atoms with Crippen molar-refractivity contribution in [3.8, 4) is 0 Å². The Morgan fingerprint density at radius 2 is 1.45 bits per heavy atom. The van der Waals surface area contributed by atoms with E-state index in [-0.39, 0.29) is 0 Å². The van der Waals surface area contributed by atoms with Gasteiger partial charge in [0, 0.05) is 5.56 Å². The summed E-state index contributed by atoms with van der Waals surface area (Å²) < 4.78 is 5.23. The van der Waals surface area contributed by atoms with Gasteiger partial charge in [-0.3, -0.25) is 0 Å². The van der Waals surface area contributed by atoms with E-state index in [9.17, 15) is 14.7 Å². The number of carboxylic acid groups (broad SMARTS) is 1. The van der Waals surface area contributed by atoms with Crippen LogP contribution < -0.4 is 0 Å². The number of hydrogen-bond donors (Lipinski definition) is 1. The zero-order valence-electron chi connectivity index (χ0n) is 10.9. The van der Waals surface area contributed by atoms with Gasteiger partial charge in [0.2, 0.25) is 5.60 Å². The fourth-order valence-corrected chi connectivity index (χ4v) is 1.80. The van der Waals surface area contributed by atoms with Gasteiger partial charge in [0.15, 0.2) is 0 Å². The van der Waals surface area contributed by atoms with Crippen LogP contribution in [0.1, 0.15) is 22.8 Å². The Bertz CT molecular complexity index is 607. The Balaban J connectivity index is 2.32. The fraction of sp³-hybridized carbons (Fsp3) is 0.125.